The standard InChI is InChI=1S/CHO3/c2-1-4-3/h1H/i1+1. The maximum atomic E-state index is 8.64. The van der Waals surface area contributed by atoms with Crippen molar-refractivity contribution in [3.63, 3.8) is 0 Å². The van der Waals surface area contributed by atoms with E-state index in [4.69, 9.17) is 10.1 Å². The summed E-state index contributed by atoms with van der Waals surface area (Å²) in [6.45, 7) is -0.181. The van der Waals surface area contributed by atoms with Crippen molar-refractivity contribution in [1.29, 1.82) is 0 Å². The predicted octanol–water partition coefficient (Wildman–Crippen LogP) is -0.495. The maximum Gasteiger partial charge on any atom is 0.334 e. The van der Waals surface area contributed by atoms with Crippen molar-refractivity contribution in [2.45, 2.75) is 0 Å². The fraction of sp³-hybridized carbons (Fsp3) is 0. The number of carbonyl (C=O) groups excluding carboxylic acids is 1. The molecule has 4 heavy (non-hydrogen) atoms. The van der Waals surface area contributed by atoms with Crippen molar-refractivity contribution in [1.82, 2.24) is 0 Å². The lowest BCUT2D eigenvalue weighted by atomic mass is 12.5. The summed E-state index contributed by atoms with van der Waals surface area (Å²) in [6.07, 6.45) is 0. The van der Waals surface area contributed by atoms with Gasteiger partial charge in [0, 0.05) is 5.26 Å². The molecule has 0 heterocycles. The van der Waals surface area contributed by atoms with Gasteiger partial charge in [-0.3, -0.25) is 9.68 Å². The molecular formula is CHO3. The Kier molecular flexibility index (Phi) is 2.08. The van der Waals surface area contributed by atoms with Crippen molar-refractivity contribution < 1.29 is 14.9 Å². The van der Waals surface area contributed by atoms with Gasteiger partial charge in [0.2, 0.25) is 0 Å². The lowest BCUT2D eigenvalue weighted by molar-refractivity contribution is -0.264. The molecule has 0 aliphatic heterocycles. The van der Waals surface area contributed by atoms with Gasteiger partial charge in [-0.25, -0.2) is 0 Å². The molecule has 23 valence electrons. The zero-order valence-corrected chi connectivity index (χ0v) is 1.80. The summed E-state index contributed by atoms with van der Waals surface area (Å²) in [5.41, 5.74) is 0. The van der Waals surface area contributed by atoms with Crippen LogP contribution in [0.15, 0.2) is 0 Å². The molecule has 0 aliphatic rings. The molecule has 0 rings (SSSR count). The van der Waals surface area contributed by atoms with Crippen LogP contribution in [-0.4, -0.2) is 6.47 Å². The molecule has 0 fully saturated rings. The van der Waals surface area contributed by atoms with Crippen LogP contribution in [0.4, 0.5) is 0 Å². The van der Waals surface area contributed by atoms with Crippen LogP contribution in [0.2, 0.25) is 0 Å². The van der Waals surface area contributed by atoms with Crippen molar-refractivity contribution in [3.8, 4) is 0 Å². The van der Waals surface area contributed by atoms with Crippen LogP contribution in [0.3, 0.4) is 0 Å². The third-order valence-corrected chi connectivity index (χ3v) is 0.0393. The SMILES string of the molecule is [O]O[13CH]=O. The number of hydrogen-bond donors (Lipinski definition) is 0. The average molecular weight is 62.0 g/mol. The molecule has 0 spiro atoms. The minimum absolute atomic E-state index is 0.181. The summed E-state index contributed by atoms with van der Waals surface area (Å²) < 4.78 is 0. The first-order valence-electron chi connectivity index (χ1n) is 0.638. The molecule has 0 atom stereocenters. The summed E-state index contributed by atoms with van der Waals surface area (Å²) in [5.74, 6) is 0. The monoisotopic (exact) mass is 62.0 g/mol. The molecule has 0 aromatic heterocycles. The van der Waals surface area contributed by atoms with E-state index in [1.165, 1.54) is 0 Å². The van der Waals surface area contributed by atoms with Crippen LogP contribution in [0.1, 0.15) is 0 Å². The second kappa shape index (κ2) is 2.43. The van der Waals surface area contributed by atoms with Gasteiger partial charge in [-0.15, -0.1) is 0 Å². The number of carbonyl (C=O) groups is 1. The zero-order valence-electron chi connectivity index (χ0n) is 1.80. The largest absolute Gasteiger partial charge is 0.334 e. The zero-order chi connectivity index (χ0) is 3.41. The highest BCUT2D eigenvalue weighted by Crippen LogP contribution is 1.37. The Balaban J connectivity index is 2.30. The van der Waals surface area contributed by atoms with E-state index >= 15 is 0 Å². The average Bonchev–Trinajstić information content (AvgIpc) is 1.37. The van der Waals surface area contributed by atoms with Gasteiger partial charge in [0.15, 0.2) is 0 Å². The molecule has 0 aliphatic carbocycles. The highest BCUT2D eigenvalue weighted by Gasteiger charge is 1.52. The maximum absolute atomic E-state index is 8.64. The first kappa shape index (κ1) is 3.43. The van der Waals surface area contributed by atoms with Crippen LogP contribution >= 0.6 is 0 Å². The Hall–Kier alpha value is -0.570. The molecule has 0 aromatic rings. The van der Waals surface area contributed by atoms with Gasteiger partial charge in [0.05, 0.1) is 0 Å². The van der Waals surface area contributed by atoms with Crippen molar-refractivity contribution >= 4 is 6.47 Å². The predicted molar refractivity (Wildman–Crippen MR) is 7.84 cm³/mol. The first-order valence-corrected chi connectivity index (χ1v) is 0.638. The summed E-state index contributed by atoms with van der Waals surface area (Å²) in [7, 11) is 0. The van der Waals surface area contributed by atoms with E-state index in [2.05, 4.69) is 4.89 Å². The lowest BCUT2D eigenvalue weighted by Crippen LogP contribution is -1.66. The van der Waals surface area contributed by atoms with E-state index in [0.717, 1.165) is 0 Å². The normalized spacial score (nSPS) is 5.25. The summed E-state index contributed by atoms with van der Waals surface area (Å²) in [5, 5.41) is 8.43. The van der Waals surface area contributed by atoms with Crippen molar-refractivity contribution in [3.05, 3.63) is 0 Å². The van der Waals surface area contributed by atoms with Crippen LogP contribution < -0.4 is 0 Å². The molecule has 0 N–H and O–H groups in total. The molecule has 0 bridgehead atoms. The third-order valence-electron chi connectivity index (χ3n) is 0.0393. The van der Waals surface area contributed by atoms with Gasteiger partial charge < -0.3 is 0 Å². The molecule has 0 saturated carbocycles. The van der Waals surface area contributed by atoms with E-state index in [1.807, 2.05) is 0 Å². The number of rotatable bonds is 1. The summed E-state index contributed by atoms with van der Waals surface area (Å²) in [4.78, 5) is 11.2. The van der Waals surface area contributed by atoms with Crippen LogP contribution in [0.25, 0.3) is 0 Å². The minimum atomic E-state index is -0.181. The topological polar surface area (TPSA) is 46.2 Å². The molecule has 0 aromatic carbocycles. The highest BCUT2D eigenvalue weighted by molar-refractivity contribution is 5.35. The van der Waals surface area contributed by atoms with E-state index in [0.29, 0.717) is 0 Å². The van der Waals surface area contributed by atoms with Gasteiger partial charge in [-0.1, -0.05) is 0 Å². The molecular weight excluding hydrogens is 61.0 g/mol. The fourth-order valence-corrected chi connectivity index (χ4v) is 0. The Morgan fingerprint density at radius 3 is 2.00 bits per heavy atom. The van der Waals surface area contributed by atoms with Gasteiger partial charge in [0.1, 0.15) is 0 Å². The lowest BCUT2D eigenvalue weighted by Gasteiger charge is -1.56. The number of hydrogen-bond acceptors (Lipinski definition) is 2. The van der Waals surface area contributed by atoms with Gasteiger partial charge in [-0.05, 0) is 0 Å². The van der Waals surface area contributed by atoms with E-state index in [-0.39, 0.29) is 6.47 Å². The van der Waals surface area contributed by atoms with E-state index < -0.39 is 0 Å². The van der Waals surface area contributed by atoms with Gasteiger partial charge in [-0.2, -0.15) is 0 Å². The third kappa shape index (κ3) is 1.43. The van der Waals surface area contributed by atoms with Gasteiger partial charge >= 0.3 is 6.47 Å². The second-order valence-corrected chi connectivity index (χ2v) is 0.192. The first-order chi connectivity index (χ1) is 1.91. The van der Waals surface area contributed by atoms with E-state index in [9.17, 15) is 0 Å². The van der Waals surface area contributed by atoms with Crippen LogP contribution in [-0.2, 0) is 14.9 Å². The summed E-state index contributed by atoms with van der Waals surface area (Å²) >= 11 is 0. The van der Waals surface area contributed by atoms with Crippen molar-refractivity contribution in [2.75, 3.05) is 0 Å². The molecule has 3 heteroatoms. The quantitative estimate of drug-likeness (QED) is 0.178. The highest BCUT2D eigenvalue weighted by atomic mass is 17.1. The molecule has 0 unspecified atom stereocenters. The Bertz CT molecular complexity index is 17.2. The van der Waals surface area contributed by atoms with Crippen LogP contribution in [0, 0.1) is 0 Å². The molecule has 0 saturated heterocycles. The van der Waals surface area contributed by atoms with Crippen LogP contribution in [0.5, 0.6) is 0 Å². The second-order valence-electron chi connectivity index (χ2n) is 0.192. The minimum Gasteiger partial charge on any atom is -0.269 e. The Labute approximate surface area is 22.7 Å². The molecule has 1 radical (unpaired) electrons. The fourth-order valence-electron chi connectivity index (χ4n) is 0. The Morgan fingerprint density at radius 1 is 1.75 bits per heavy atom. The summed E-state index contributed by atoms with van der Waals surface area (Å²) in [6, 6.07) is 0. The smallest absolute Gasteiger partial charge is 0.269 e. The van der Waals surface area contributed by atoms with Gasteiger partial charge in [0.25, 0.3) is 0 Å². The Morgan fingerprint density at radius 2 is 2.00 bits per heavy atom. The van der Waals surface area contributed by atoms with Crippen molar-refractivity contribution in [2.24, 2.45) is 0 Å². The molecule has 0 amide bonds. The molecule has 3 nitrogen and oxygen atoms in total. The van der Waals surface area contributed by atoms with E-state index in [1.54, 1.807) is 0 Å².